The van der Waals surface area contributed by atoms with E-state index in [9.17, 15) is 23.1 Å². The summed E-state index contributed by atoms with van der Waals surface area (Å²) in [7, 11) is -3.32. The number of sulfone groups is 1. The van der Waals surface area contributed by atoms with Gasteiger partial charge in [0.2, 0.25) is 0 Å². The molecule has 0 saturated carbocycles. The number of ether oxygens (including phenoxy) is 1. The molecule has 1 aromatic heterocycles. The number of hydrogen-bond acceptors (Lipinski definition) is 5. The monoisotopic (exact) mass is 482 g/mol. The van der Waals surface area contributed by atoms with Crippen molar-refractivity contribution in [2.45, 2.75) is 36.8 Å². The molecule has 1 amide bonds. The summed E-state index contributed by atoms with van der Waals surface area (Å²) in [4.78, 5) is 26.1. The molecule has 1 N–H and O–H groups in total. The molecule has 2 unspecified atom stereocenters. The summed E-state index contributed by atoms with van der Waals surface area (Å²) >= 11 is 0. The van der Waals surface area contributed by atoms with Crippen LogP contribution in [0.2, 0.25) is 0 Å². The molecule has 34 heavy (non-hydrogen) atoms. The maximum Gasteiger partial charge on any atom is 0.407 e. The van der Waals surface area contributed by atoms with E-state index >= 15 is 0 Å². The summed E-state index contributed by atoms with van der Waals surface area (Å²) in [6.07, 6.45) is 2.50. The average molecular weight is 483 g/mol. The van der Waals surface area contributed by atoms with Gasteiger partial charge in [-0.15, -0.1) is 0 Å². The number of aromatic nitrogens is 1. The van der Waals surface area contributed by atoms with Crippen LogP contribution in [0.1, 0.15) is 30.0 Å². The number of amides is 1. The molecule has 9 heteroatoms. The van der Waals surface area contributed by atoms with Gasteiger partial charge in [-0.3, -0.25) is 9.36 Å². The third-order valence-electron chi connectivity index (χ3n) is 6.00. The van der Waals surface area contributed by atoms with Crippen molar-refractivity contribution in [1.29, 1.82) is 0 Å². The van der Waals surface area contributed by atoms with Crippen molar-refractivity contribution in [1.82, 2.24) is 9.47 Å². The molecule has 0 radical (unpaired) electrons. The number of aryl methyl sites for hydroxylation is 1. The van der Waals surface area contributed by atoms with Gasteiger partial charge in [-0.2, -0.15) is 0 Å². The second-order valence-electron chi connectivity index (χ2n) is 8.50. The van der Waals surface area contributed by atoms with Crippen molar-refractivity contribution >= 4 is 15.9 Å². The molecule has 2 atom stereocenters. The molecule has 3 aromatic rings. The fourth-order valence-corrected chi connectivity index (χ4v) is 4.80. The van der Waals surface area contributed by atoms with Gasteiger partial charge in [0.15, 0.2) is 9.84 Å². The number of likely N-dealkylation sites (tertiary alicyclic amines) is 1. The molecule has 4 rings (SSSR count). The zero-order chi connectivity index (χ0) is 24.5. The highest BCUT2D eigenvalue weighted by Gasteiger charge is 2.33. The summed E-state index contributed by atoms with van der Waals surface area (Å²) < 4.78 is 30.8. The maximum atomic E-state index is 12.7. The number of rotatable bonds is 5. The molecule has 1 aliphatic heterocycles. The fraction of sp³-hybridized carbons (Fsp3) is 0.280. The van der Waals surface area contributed by atoms with Gasteiger partial charge >= 0.3 is 6.09 Å². The number of carboxylic acid groups (broad SMARTS) is 1. The Kier molecular flexibility index (Phi) is 6.47. The lowest BCUT2D eigenvalue weighted by atomic mass is 9.93. The average Bonchev–Trinajstić information content (AvgIpc) is 2.79. The third-order valence-corrected chi connectivity index (χ3v) is 7.13. The standard InChI is InChI=1S/C25H26N2O6S/c1-17-3-5-18(6-4-17)23-15-20(12-14-27(23)25(29)30)33-21-11-13-26(24(28)16-21)19-7-9-22(10-8-19)34(2,31)32/h3-11,13,16,20,23H,12,14-15H2,1-2H3,(H,29,30). The number of nitrogens with zero attached hydrogens (tertiary/aromatic N) is 2. The van der Waals surface area contributed by atoms with Gasteiger partial charge in [-0.05, 0) is 42.8 Å². The van der Waals surface area contributed by atoms with Crippen LogP contribution in [0, 0.1) is 6.92 Å². The highest BCUT2D eigenvalue weighted by Crippen LogP contribution is 2.33. The van der Waals surface area contributed by atoms with Gasteiger partial charge in [0.25, 0.3) is 5.56 Å². The lowest BCUT2D eigenvalue weighted by Crippen LogP contribution is -2.43. The Hall–Kier alpha value is -3.59. The highest BCUT2D eigenvalue weighted by molar-refractivity contribution is 7.90. The summed E-state index contributed by atoms with van der Waals surface area (Å²) in [5, 5.41) is 9.65. The van der Waals surface area contributed by atoms with Crippen LogP contribution in [0.15, 0.2) is 76.6 Å². The second-order valence-corrected chi connectivity index (χ2v) is 10.5. The van der Waals surface area contributed by atoms with Crippen molar-refractivity contribution < 1.29 is 23.1 Å². The quantitative estimate of drug-likeness (QED) is 0.593. The number of benzene rings is 2. The van der Waals surface area contributed by atoms with Gasteiger partial charge < -0.3 is 14.7 Å². The normalized spacial score (nSPS) is 18.5. The minimum absolute atomic E-state index is 0.181. The predicted molar refractivity (Wildman–Crippen MR) is 127 cm³/mol. The molecular formula is C25H26N2O6S. The molecule has 2 heterocycles. The van der Waals surface area contributed by atoms with Gasteiger partial charge in [0, 0.05) is 43.6 Å². The van der Waals surface area contributed by atoms with Crippen LogP contribution in [-0.2, 0) is 9.84 Å². The van der Waals surface area contributed by atoms with E-state index in [0.717, 1.165) is 17.4 Å². The molecule has 2 aromatic carbocycles. The lowest BCUT2D eigenvalue weighted by Gasteiger charge is -2.38. The maximum absolute atomic E-state index is 12.7. The molecule has 8 nitrogen and oxygen atoms in total. The molecule has 0 bridgehead atoms. The Bertz CT molecular complexity index is 1350. The van der Waals surface area contributed by atoms with Gasteiger partial charge in [-0.25, -0.2) is 13.2 Å². The number of hydrogen-bond donors (Lipinski definition) is 1. The van der Waals surface area contributed by atoms with Crippen molar-refractivity contribution in [3.8, 4) is 11.4 Å². The van der Waals surface area contributed by atoms with Crippen LogP contribution in [0.3, 0.4) is 0 Å². The number of carbonyl (C=O) groups is 1. The van der Waals surface area contributed by atoms with Crippen LogP contribution in [-0.4, -0.2) is 48.0 Å². The largest absolute Gasteiger partial charge is 0.490 e. The summed E-state index contributed by atoms with van der Waals surface area (Å²) in [6, 6.07) is 16.6. The molecule has 0 aliphatic carbocycles. The molecule has 1 aliphatic rings. The summed E-state index contributed by atoms with van der Waals surface area (Å²) in [6.45, 7) is 2.32. The van der Waals surface area contributed by atoms with Gasteiger partial charge in [-0.1, -0.05) is 29.8 Å². The predicted octanol–water partition coefficient (Wildman–Crippen LogP) is 3.81. The lowest BCUT2D eigenvalue weighted by molar-refractivity contribution is 0.0538. The van der Waals surface area contributed by atoms with Crippen molar-refractivity contribution in [3.05, 3.63) is 88.3 Å². The van der Waals surface area contributed by atoms with Crippen LogP contribution in [0.25, 0.3) is 5.69 Å². The Morgan fingerprint density at radius 3 is 2.32 bits per heavy atom. The highest BCUT2D eigenvalue weighted by atomic mass is 32.2. The molecular weight excluding hydrogens is 456 g/mol. The first-order valence-electron chi connectivity index (χ1n) is 10.9. The van der Waals surface area contributed by atoms with E-state index in [0.29, 0.717) is 30.8 Å². The second kappa shape index (κ2) is 9.34. The van der Waals surface area contributed by atoms with Crippen molar-refractivity contribution in [3.63, 3.8) is 0 Å². The summed E-state index contributed by atoms with van der Waals surface area (Å²) in [5.74, 6) is 0.408. The minimum Gasteiger partial charge on any atom is -0.490 e. The molecule has 1 saturated heterocycles. The molecule has 0 spiro atoms. The van der Waals surface area contributed by atoms with Crippen LogP contribution in [0.4, 0.5) is 4.79 Å². The first-order valence-corrected chi connectivity index (χ1v) is 12.8. The SMILES string of the molecule is Cc1ccc(C2CC(Oc3ccn(-c4ccc(S(C)(=O)=O)cc4)c(=O)c3)CCN2C(=O)O)cc1. The Morgan fingerprint density at radius 1 is 1.06 bits per heavy atom. The van der Waals surface area contributed by atoms with Gasteiger partial charge in [0.1, 0.15) is 11.9 Å². The zero-order valence-corrected chi connectivity index (χ0v) is 19.7. The first kappa shape index (κ1) is 23.6. The number of piperidine rings is 1. The van der Waals surface area contributed by atoms with E-state index in [1.54, 1.807) is 24.4 Å². The van der Waals surface area contributed by atoms with E-state index in [2.05, 4.69) is 0 Å². The van der Waals surface area contributed by atoms with Gasteiger partial charge in [0.05, 0.1) is 10.9 Å². The Morgan fingerprint density at radius 2 is 1.74 bits per heavy atom. The fourth-order valence-electron chi connectivity index (χ4n) is 4.17. The van der Waals surface area contributed by atoms with E-state index in [4.69, 9.17) is 4.74 Å². The van der Waals surface area contributed by atoms with E-state index in [-0.39, 0.29) is 22.6 Å². The topological polar surface area (TPSA) is 106 Å². The van der Waals surface area contributed by atoms with Crippen molar-refractivity contribution in [2.24, 2.45) is 0 Å². The first-order chi connectivity index (χ1) is 16.1. The van der Waals surface area contributed by atoms with Crippen LogP contribution < -0.4 is 10.3 Å². The number of pyridine rings is 1. The smallest absolute Gasteiger partial charge is 0.407 e. The van der Waals surface area contributed by atoms with E-state index in [1.165, 1.54) is 27.7 Å². The van der Waals surface area contributed by atoms with Crippen molar-refractivity contribution in [2.75, 3.05) is 12.8 Å². The molecule has 1 fully saturated rings. The Balaban J connectivity index is 1.51. The summed E-state index contributed by atoms with van der Waals surface area (Å²) in [5.41, 5.74) is 2.23. The minimum atomic E-state index is -3.32. The zero-order valence-electron chi connectivity index (χ0n) is 18.9. The van der Waals surface area contributed by atoms with E-state index in [1.807, 2.05) is 31.2 Å². The Labute approximate surface area is 198 Å². The third kappa shape index (κ3) is 5.14. The van der Waals surface area contributed by atoms with Crippen LogP contribution in [0.5, 0.6) is 5.75 Å². The van der Waals surface area contributed by atoms with E-state index < -0.39 is 15.9 Å². The molecule has 178 valence electrons. The van der Waals surface area contributed by atoms with Crippen LogP contribution >= 0.6 is 0 Å².